The van der Waals surface area contributed by atoms with Crippen LogP contribution in [0.25, 0.3) is 0 Å². The first-order chi connectivity index (χ1) is 8.84. The Morgan fingerprint density at radius 2 is 1.44 bits per heavy atom. The van der Waals surface area contributed by atoms with Gasteiger partial charge in [-0.3, -0.25) is 0 Å². The highest BCUT2D eigenvalue weighted by atomic mass is 14.5. The lowest BCUT2D eigenvalue weighted by molar-refractivity contribution is 0.270. The van der Waals surface area contributed by atoms with Gasteiger partial charge in [0.2, 0.25) is 0 Å². The second-order valence-electron chi connectivity index (χ2n) is 5.08. The molecular weight excluding hydrogens is 218 g/mol. The average molecular weight is 233 g/mol. The van der Waals surface area contributed by atoms with E-state index in [1.54, 1.807) is 0 Å². The maximum Gasteiger partial charge on any atom is 0.0834 e. The largest absolute Gasteiger partial charge is 0.197 e. The Hall–Kier alpha value is -2.07. The fourth-order valence-electron chi connectivity index (χ4n) is 2.89. The molecule has 0 radical (unpaired) electrons. The highest BCUT2D eigenvalue weighted by Gasteiger charge is 2.46. The number of nitrogens with zero attached hydrogens (tertiary/aromatic N) is 1. The lowest BCUT2D eigenvalue weighted by Crippen LogP contribution is -2.38. The van der Waals surface area contributed by atoms with Gasteiger partial charge in [-0.05, 0) is 29.9 Å². The minimum Gasteiger partial charge on any atom is -0.197 e. The van der Waals surface area contributed by atoms with Gasteiger partial charge in [0.15, 0.2) is 0 Å². The average Bonchev–Trinajstić information content (AvgIpc) is 2.41. The van der Waals surface area contributed by atoms with Crippen molar-refractivity contribution < 1.29 is 0 Å². The van der Waals surface area contributed by atoms with E-state index < -0.39 is 0 Å². The van der Waals surface area contributed by atoms with Crippen LogP contribution in [0.3, 0.4) is 0 Å². The summed E-state index contributed by atoms with van der Waals surface area (Å²) in [7, 11) is 0. The van der Waals surface area contributed by atoms with Gasteiger partial charge >= 0.3 is 0 Å². The van der Waals surface area contributed by atoms with Crippen molar-refractivity contribution in [3.8, 4) is 6.07 Å². The van der Waals surface area contributed by atoms with E-state index in [2.05, 4.69) is 42.5 Å². The number of hydrogen-bond donors (Lipinski definition) is 0. The minimum atomic E-state index is -0.262. The fourth-order valence-corrected chi connectivity index (χ4v) is 2.89. The van der Waals surface area contributed by atoms with Crippen LogP contribution in [-0.4, -0.2) is 0 Å². The van der Waals surface area contributed by atoms with Gasteiger partial charge in [0, 0.05) is 0 Å². The second kappa shape index (κ2) is 4.31. The SMILES string of the molecule is N#CC1(c2ccccc2)CC(c2ccccc2)C1. The summed E-state index contributed by atoms with van der Waals surface area (Å²) >= 11 is 0. The van der Waals surface area contributed by atoms with Crippen LogP contribution >= 0.6 is 0 Å². The lowest BCUT2D eigenvalue weighted by atomic mass is 9.58. The molecule has 18 heavy (non-hydrogen) atoms. The van der Waals surface area contributed by atoms with Crippen LogP contribution in [0.5, 0.6) is 0 Å². The summed E-state index contributed by atoms with van der Waals surface area (Å²) in [6.45, 7) is 0. The van der Waals surface area contributed by atoms with Crippen LogP contribution < -0.4 is 0 Å². The van der Waals surface area contributed by atoms with E-state index in [-0.39, 0.29) is 5.41 Å². The van der Waals surface area contributed by atoms with Crippen molar-refractivity contribution in [2.75, 3.05) is 0 Å². The number of rotatable bonds is 2. The van der Waals surface area contributed by atoms with E-state index in [1.165, 1.54) is 11.1 Å². The molecule has 0 N–H and O–H groups in total. The molecule has 88 valence electrons. The molecule has 0 heterocycles. The quantitative estimate of drug-likeness (QED) is 0.768. The summed E-state index contributed by atoms with van der Waals surface area (Å²) < 4.78 is 0. The first-order valence-corrected chi connectivity index (χ1v) is 6.36. The molecule has 1 aliphatic carbocycles. The van der Waals surface area contributed by atoms with Gasteiger partial charge in [-0.2, -0.15) is 5.26 Å². The number of hydrogen-bond acceptors (Lipinski definition) is 1. The molecule has 3 rings (SSSR count). The monoisotopic (exact) mass is 233 g/mol. The molecule has 1 nitrogen and oxygen atoms in total. The van der Waals surface area contributed by atoms with Crippen LogP contribution in [0.15, 0.2) is 60.7 Å². The molecular formula is C17H15N. The summed E-state index contributed by atoms with van der Waals surface area (Å²) in [6.07, 6.45) is 1.88. The Bertz CT molecular complexity index is 560. The maximum absolute atomic E-state index is 9.50. The molecule has 0 aromatic heterocycles. The Kier molecular flexibility index (Phi) is 2.64. The lowest BCUT2D eigenvalue weighted by Gasteiger charge is -2.43. The Labute approximate surface area is 108 Å². The van der Waals surface area contributed by atoms with Gasteiger partial charge in [-0.15, -0.1) is 0 Å². The molecule has 1 fully saturated rings. The zero-order valence-electron chi connectivity index (χ0n) is 10.2. The fraction of sp³-hybridized carbons (Fsp3) is 0.235. The first-order valence-electron chi connectivity index (χ1n) is 6.36. The third kappa shape index (κ3) is 1.71. The molecule has 2 aromatic carbocycles. The van der Waals surface area contributed by atoms with Crippen molar-refractivity contribution >= 4 is 0 Å². The first kappa shape index (κ1) is 11.0. The molecule has 0 spiro atoms. The number of nitriles is 1. The van der Waals surface area contributed by atoms with Crippen molar-refractivity contribution in [2.45, 2.75) is 24.2 Å². The van der Waals surface area contributed by atoms with Crippen molar-refractivity contribution in [1.82, 2.24) is 0 Å². The number of benzene rings is 2. The molecule has 1 aliphatic rings. The summed E-state index contributed by atoms with van der Waals surface area (Å²) in [5.41, 5.74) is 2.26. The van der Waals surface area contributed by atoms with Crippen LogP contribution in [-0.2, 0) is 5.41 Å². The van der Waals surface area contributed by atoms with Crippen molar-refractivity contribution in [2.24, 2.45) is 0 Å². The van der Waals surface area contributed by atoms with Crippen LogP contribution in [0, 0.1) is 11.3 Å². The van der Waals surface area contributed by atoms with E-state index in [9.17, 15) is 5.26 Å². The van der Waals surface area contributed by atoms with Gasteiger partial charge < -0.3 is 0 Å². The molecule has 2 aromatic rings. The third-order valence-electron chi connectivity index (χ3n) is 4.00. The Morgan fingerprint density at radius 1 is 0.889 bits per heavy atom. The predicted molar refractivity (Wildman–Crippen MR) is 72.2 cm³/mol. The molecule has 0 aliphatic heterocycles. The smallest absolute Gasteiger partial charge is 0.0834 e. The van der Waals surface area contributed by atoms with E-state index in [1.807, 2.05) is 24.3 Å². The highest BCUT2D eigenvalue weighted by Crippen LogP contribution is 2.52. The molecule has 0 atom stereocenters. The second-order valence-corrected chi connectivity index (χ2v) is 5.08. The van der Waals surface area contributed by atoms with Gasteiger partial charge in [-0.1, -0.05) is 60.7 Å². The molecule has 0 saturated heterocycles. The summed E-state index contributed by atoms with van der Waals surface area (Å²) in [6, 6.07) is 23.2. The van der Waals surface area contributed by atoms with Crippen LogP contribution in [0.1, 0.15) is 29.9 Å². The van der Waals surface area contributed by atoms with Crippen molar-refractivity contribution in [3.05, 3.63) is 71.8 Å². The summed E-state index contributed by atoms with van der Waals surface area (Å²) in [5.74, 6) is 0.533. The van der Waals surface area contributed by atoms with Gasteiger partial charge in [0.05, 0.1) is 11.5 Å². The summed E-state index contributed by atoms with van der Waals surface area (Å²) in [4.78, 5) is 0. The molecule has 1 saturated carbocycles. The Balaban J connectivity index is 1.83. The van der Waals surface area contributed by atoms with Gasteiger partial charge in [-0.25, -0.2) is 0 Å². The van der Waals surface area contributed by atoms with Gasteiger partial charge in [0.1, 0.15) is 0 Å². The zero-order chi connectivity index (χ0) is 12.4. The van der Waals surface area contributed by atoms with Crippen LogP contribution in [0.4, 0.5) is 0 Å². The topological polar surface area (TPSA) is 23.8 Å². The zero-order valence-corrected chi connectivity index (χ0v) is 10.2. The highest BCUT2D eigenvalue weighted by molar-refractivity contribution is 5.40. The third-order valence-corrected chi connectivity index (χ3v) is 4.00. The molecule has 0 bridgehead atoms. The van der Waals surface area contributed by atoms with E-state index in [4.69, 9.17) is 0 Å². The van der Waals surface area contributed by atoms with E-state index in [0.29, 0.717) is 5.92 Å². The normalized spacial score (nSPS) is 26.1. The minimum absolute atomic E-state index is 0.262. The summed E-state index contributed by atoms with van der Waals surface area (Å²) in [5, 5.41) is 9.50. The van der Waals surface area contributed by atoms with Crippen molar-refractivity contribution in [1.29, 1.82) is 5.26 Å². The molecule has 1 heteroatoms. The van der Waals surface area contributed by atoms with Gasteiger partial charge in [0.25, 0.3) is 0 Å². The van der Waals surface area contributed by atoms with Crippen LogP contribution in [0.2, 0.25) is 0 Å². The standard InChI is InChI=1S/C17H15N/c18-13-17(16-9-5-2-6-10-16)11-15(12-17)14-7-3-1-4-8-14/h1-10,15H,11-12H2. The van der Waals surface area contributed by atoms with E-state index >= 15 is 0 Å². The van der Waals surface area contributed by atoms with E-state index in [0.717, 1.165) is 12.8 Å². The predicted octanol–water partition coefficient (Wildman–Crippen LogP) is 4.03. The Morgan fingerprint density at radius 3 is 2.00 bits per heavy atom. The molecule has 0 unspecified atom stereocenters. The van der Waals surface area contributed by atoms with Crippen molar-refractivity contribution in [3.63, 3.8) is 0 Å². The maximum atomic E-state index is 9.50. The molecule has 0 amide bonds.